The molecule has 0 saturated carbocycles. The minimum Gasteiger partial charge on any atom is -0.395 e. The standard InChI is InChI=1S/C21H28N4O3S2/c1-2-7-25-20(28)18-15-5-3-4-6-16(15)30-19(18)22-21(25)29-14-17(27)24-10-8-23(9-11-24)12-13-26/h2,26H,1,3-14H2. The molecule has 2 aromatic rings. The Kier molecular flexibility index (Phi) is 6.92. The fraction of sp³-hybridized carbons (Fsp3) is 0.571. The maximum atomic E-state index is 13.3. The number of amides is 1. The number of allylic oxidation sites excluding steroid dienone is 1. The molecule has 162 valence electrons. The second kappa shape index (κ2) is 9.64. The normalized spacial score (nSPS) is 17.3. The molecule has 3 heterocycles. The zero-order valence-corrected chi connectivity index (χ0v) is 18.8. The van der Waals surface area contributed by atoms with Crippen LogP contribution in [0.25, 0.3) is 10.2 Å². The van der Waals surface area contributed by atoms with Crippen LogP contribution in [0.5, 0.6) is 0 Å². The van der Waals surface area contributed by atoms with Crippen molar-refractivity contribution in [1.29, 1.82) is 0 Å². The summed E-state index contributed by atoms with van der Waals surface area (Å²) in [6.45, 7) is 7.88. The summed E-state index contributed by atoms with van der Waals surface area (Å²) in [5.74, 6) is 0.328. The summed E-state index contributed by atoms with van der Waals surface area (Å²) in [6, 6.07) is 0. The maximum Gasteiger partial charge on any atom is 0.263 e. The minimum absolute atomic E-state index is 0.00753. The zero-order valence-electron chi connectivity index (χ0n) is 17.1. The highest BCUT2D eigenvalue weighted by Gasteiger charge is 2.24. The van der Waals surface area contributed by atoms with Gasteiger partial charge >= 0.3 is 0 Å². The number of hydrogen-bond donors (Lipinski definition) is 1. The average Bonchev–Trinajstić information content (AvgIpc) is 3.13. The number of aliphatic hydroxyl groups excluding tert-OH is 1. The van der Waals surface area contributed by atoms with Crippen LogP contribution < -0.4 is 5.56 Å². The number of hydrogen-bond acceptors (Lipinski definition) is 7. The number of thiophene rings is 1. The predicted molar refractivity (Wildman–Crippen MR) is 122 cm³/mol. The highest BCUT2D eigenvalue weighted by atomic mass is 32.2. The Balaban J connectivity index is 1.52. The summed E-state index contributed by atoms with van der Waals surface area (Å²) in [5, 5.41) is 10.4. The van der Waals surface area contributed by atoms with Crippen LogP contribution in [-0.2, 0) is 24.2 Å². The van der Waals surface area contributed by atoms with Crippen LogP contribution in [0.1, 0.15) is 23.3 Å². The maximum absolute atomic E-state index is 13.3. The molecule has 1 saturated heterocycles. The third-order valence-electron chi connectivity index (χ3n) is 5.82. The molecule has 0 atom stereocenters. The fourth-order valence-electron chi connectivity index (χ4n) is 4.20. The van der Waals surface area contributed by atoms with Gasteiger partial charge in [-0.15, -0.1) is 17.9 Å². The number of carbonyl (C=O) groups excluding carboxylic acids is 1. The van der Waals surface area contributed by atoms with E-state index in [0.717, 1.165) is 42.6 Å². The van der Waals surface area contributed by atoms with E-state index in [9.17, 15) is 9.59 Å². The van der Waals surface area contributed by atoms with Crippen LogP contribution in [-0.4, -0.2) is 75.4 Å². The van der Waals surface area contributed by atoms with Gasteiger partial charge in [-0.3, -0.25) is 19.1 Å². The Hall–Kier alpha value is -1.68. The van der Waals surface area contributed by atoms with E-state index in [1.807, 2.05) is 4.90 Å². The molecule has 9 heteroatoms. The summed E-state index contributed by atoms with van der Waals surface area (Å²) < 4.78 is 1.66. The van der Waals surface area contributed by atoms with Crippen molar-refractivity contribution in [1.82, 2.24) is 19.4 Å². The van der Waals surface area contributed by atoms with Gasteiger partial charge in [0, 0.05) is 44.1 Å². The van der Waals surface area contributed by atoms with Gasteiger partial charge < -0.3 is 10.0 Å². The van der Waals surface area contributed by atoms with E-state index in [1.54, 1.807) is 22.0 Å². The number of piperazine rings is 1. The lowest BCUT2D eigenvalue weighted by atomic mass is 9.97. The van der Waals surface area contributed by atoms with Gasteiger partial charge in [-0.2, -0.15) is 0 Å². The van der Waals surface area contributed by atoms with E-state index in [2.05, 4.69) is 11.5 Å². The van der Waals surface area contributed by atoms with Gasteiger partial charge in [0.1, 0.15) is 4.83 Å². The van der Waals surface area contributed by atoms with Crippen molar-refractivity contribution in [3.8, 4) is 0 Å². The minimum atomic E-state index is -0.00753. The van der Waals surface area contributed by atoms with E-state index in [1.165, 1.54) is 28.6 Å². The lowest BCUT2D eigenvalue weighted by Crippen LogP contribution is -2.49. The number of β-amino-alcohol motifs (C(OH)–C–C–N with tert-alkyl or cyclic N) is 1. The molecular formula is C21H28N4O3S2. The number of fused-ring (bicyclic) bond motifs is 3. The predicted octanol–water partition coefficient (Wildman–Crippen LogP) is 1.75. The number of aliphatic hydroxyl groups is 1. The molecule has 2 aliphatic rings. The van der Waals surface area contributed by atoms with Crippen LogP contribution >= 0.6 is 23.1 Å². The van der Waals surface area contributed by atoms with E-state index in [0.29, 0.717) is 31.3 Å². The van der Waals surface area contributed by atoms with Crippen molar-refractivity contribution in [3.05, 3.63) is 33.4 Å². The molecule has 1 amide bonds. The van der Waals surface area contributed by atoms with Crippen molar-refractivity contribution in [2.45, 2.75) is 37.4 Å². The van der Waals surface area contributed by atoms with Crippen molar-refractivity contribution >= 4 is 39.2 Å². The molecule has 0 radical (unpaired) electrons. The molecule has 30 heavy (non-hydrogen) atoms. The van der Waals surface area contributed by atoms with Crippen LogP contribution in [0.15, 0.2) is 22.6 Å². The number of aryl methyl sites for hydroxylation is 2. The van der Waals surface area contributed by atoms with Crippen LogP contribution in [0.2, 0.25) is 0 Å². The van der Waals surface area contributed by atoms with E-state index in [-0.39, 0.29) is 23.8 Å². The van der Waals surface area contributed by atoms with Crippen molar-refractivity contribution in [2.24, 2.45) is 0 Å². The van der Waals surface area contributed by atoms with Crippen molar-refractivity contribution in [3.63, 3.8) is 0 Å². The number of aromatic nitrogens is 2. The first-order valence-corrected chi connectivity index (χ1v) is 12.3. The van der Waals surface area contributed by atoms with E-state index < -0.39 is 0 Å². The number of thioether (sulfide) groups is 1. The number of nitrogens with zero attached hydrogens (tertiary/aromatic N) is 4. The quantitative estimate of drug-likeness (QED) is 0.395. The van der Waals surface area contributed by atoms with Gasteiger partial charge in [-0.25, -0.2) is 4.98 Å². The lowest BCUT2D eigenvalue weighted by Gasteiger charge is -2.34. The molecule has 7 nitrogen and oxygen atoms in total. The zero-order chi connectivity index (χ0) is 21.1. The summed E-state index contributed by atoms with van der Waals surface area (Å²) in [5.41, 5.74) is 1.18. The molecular weight excluding hydrogens is 420 g/mol. The van der Waals surface area contributed by atoms with Crippen molar-refractivity contribution < 1.29 is 9.90 Å². The summed E-state index contributed by atoms with van der Waals surface area (Å²) in [6.07, 6.45) is 5.98. The first-order chi connectivity index (χ1) is 14.6. The van der Waals surface area contributed by atoms with Crippen molar-refractivity contribution in [2.75, 3.05) is 45.1 Å². The summed E-state index contributed by atoms with van der Waals surface area (Å²) in [7, 11) is 0. The fourth-order valence-corrected chi connectivity index (χ4v) is 6.41. The van der Waals surface area contributed by atoms with Gasteiger partial charge in [-0.05, 0) is 31.2 Å². The number of carbonyl (C=O) groups is 1. The molecule has 0 bridgehead atoms. The van der Waals surface area contributed by atoms with E-state index >= 15 is 0 Å². The first kappa shape index (κ1) is 21.5. The Morgan fingerprint density at radius 1 is 1.23 bits per heavy atom. The Bertz CT molecular complexity index is 992. The molecule has 1 aliphatic heterocycles. The molecule has 1 aliphatic carbocycles. The summed E-state index contributed by atoms with van der Waals surface area (Å²) >= 11 is 2.98. The molecule has 2 aromatic heterocycles. The first-order valence-electron chi connectivity index (χ1n) is 10.5. The SMILES string of the molecule is C=CCn1c(SCC(=O)N2CCN(CCO)CC2)nc2sc3c(c2c1=O)CCCC3. The Labute approximate surface area is 184 Å². The second-order valence-electron chi connectivity index (χ2n) is 7.72. The molecule has 0 aromatic carbocycles. The third-order valence-corrected chi connectivity index (χ3v) is 7.96. The molecule has 4 rings (SSSR count). The van der Waals surface area contributed by atoms with Crippen LogP contribution in [0.4, 0.5) is 0 Å². The average molecular weight is 449 g/mol. The highest BCUT2D eigenvalue weighted by molar-refractivity contribution is 7.99. The monoisotopic (exact) mass is 448 g/mol. The van der Waals surface area contributed by atoms with Gasteiger partial charge in [-0.1, -0.05) is 17.8 Å². The van der Waals surface area contributed by atoms with Gasteiger partial charge in [0.05, 0.1) is 17.7 Å². The van der Waals surface area contributed by atoms with E-state index in [4.69, 9.17) is 10.1 Å². The van der Waals surface area contributed by atoms with Gasteiger partial charge in [0.2, 0.25) is 5.91 Å². The lowest BCUT2D eigenvalue weighted by molar-refractivity contribution is -0.130. The Morgan fingerprint density at radius 2 is 2.00 bits per heavy atom. The third kappa shape index (κ3) is 4.34. The molecule has 1 N–H and O–H groups in total. The van der Waals surface area contributed by atoms with Crippen LogP contribution in [0, 0.1) is 0 Å². The van der Waals surface area contributed by atoms with Gasteiger partial charge in [0.25, 0.3) is 5.56 Å². The Morgan fingerprint density at radius 3 is 2.73 bits per heavy atom. The topological polar surface area (TPSA) is 78.7 Å². The summed E-state index contributed by atoms with van der Waals surface area (Å²) in [4.78, 5) is 36.9. The smallest absolute Gasteiger partial charge is 0.263 e. The number of rotatable bonds is 7. The molecule has 0 unspecified atom stereocenters. The molecule has 1 fully saturated rings. The highest BCUT2D eigenvalue weighted by Crippen LogP contribution is 2.34. The second-order valence-corrected chi connectivity index (χ2v) is 9.75. The largest absolute Gasteiger partial charge is 0.395 e. The molecule has 0 spiro atoms. The van der Waals surface area contributed by atoms with Gasteiger partial charge in [0.15, 0.2) is 5.16 Å². The van der Waals surface area contributed by atoms with Crippen LogP contribution in [0.3, 0.4) is 0 Å².